The molecule has 0 spiro atoms. The smallest absolute Gasteiger partial charge is 0.342 e. The number of hydrogen-bond donors (Lipinski definition) is 3. The molecule has 3 heterocycles. The summed E-state index contributed by atoms with van der Waals surface area (Å²) in [6.45, 7) is 7.43. The molecule has 3 N–H and O–H groups in total. The van der Waals surface area contributed by atoms with Crippen molar-refractivity contribution in [2.45, 2.75) is 63.1 Å². The second kappa shape index (κ2) is 6.27. The van der Waals surface area contributed by atoms with Crippen molar-refractivity contribution in [3.05, 3.63) is 35.1 Å². The third-order valence-corrected chi connectivity index (χ3v) is 5.34. The number of fused-ring (bicyclic) bond motifs is 3. The molecule has 4 atom stereocenters. The molecule has 3 aliphatic rings. The third kappa shape index (κ3) is 3.23. The molecule has 3 aliphatic heterocycles. The van der Waals surface area contributed by atoms with E-state index >= 15 is 0 Å². The van der Waals surface area contributed by atoms with E-state index in [1.807, 2.05) is 0 Å². The number of aliphatic hydroxyl groups excluding tert-OH is 1. The van der Waals surface area contributed by atoms with Crippen LogP contribution in [0.5, 0.6) is 0 Å². The summed E-state index contributed by atoms with van der Waals surface area (Å²) < 4.78 is 16.5. The van der Waals surface area contributed by atoms with Gasteiger partial charge in [-0.15, -0.1) is 0 Å². The molecule has 148 valence electrons. The van der Waals surface area contributed by atoms with Gasteiger partial charge in [-0.2, -0.15) is 0 Å². The predicted octanol–water partition coefficient (Wildman–Crippen LogP) is 0.616. The maximum absolute atomic E-state index is 12.2. The van der Waals surface area contributed by atoms with Crippen LogP contribution >= 0.6 is 0 Å². The number of ether oxygens (including phenoxy) is 3. The SMILES string of the molecule is C=C(C)C(=O)OC1CC(C)(O)C2(O)CCC(C)(C=C3OC(=O)C(CO)=C31)O2. The number of esters is 2. The van der Waals surface area contributed by atoms with E-state index in [4.69, 9.17) is 14.2 Å². The second-order valence-electron chi connectivity index (χ2n) is 7.80. The van der Waals surface area contributed by atoms with E-state index < -0.39 is 41.6 Å². The van der Waals surface area contributed by atoms with Gasteiger partial charge in [0.25, 0.3) is 0 Å². The van der Waals surface area contributed by atoms with E-state index in [0.29, 0.717) is 6.42 Å². The van der Waals surface area contributed by atoms with Crippen LogP contribution in [0.25, 0.3) is 0 Å². The fourth-order valence-electron chi connectivity index (χ4n) is 3.70. The van der Waals surface area contributed by atoms with Gasteiger partial charge in [0.05, 0.1) is 17.8 Å². The zero-order valence-electron chi connectivity index (χ0n) is 15.6. The maximum Gasteiger partial charge on any atom is 0.342 e. The molecule has 0 aromatic heterocycles. The van der Waals surface area contributed by atoms with Gasteiger partial charge in [-0.25, -0.2) is 9.59 Å². The van der Waals surface area contributed by atoms with Gasteiger partial charge in [0.2, 0.25) is 0 Å². The molecule has 3 rings (SSSR count). The predicted molar refractivity (Wildman–Crippen MR) is 91.9 cm³/mol. The van der Waals surface area contributed by atoms with Gasteiger partial charge in [0.15, 0.2) is 5.79 Å². The Labute approximate surface area is 156 Å². The van der Waals surface area contributed by atoms with E-state index in [2.05, 4.69) is 6.58 Å². The Kier molecular flexibility index (Phi) is 4.59. The van der Waals surface area contributed by atoms with Gasteiger partial charge < -0.3 is 29.5 Å². The molecule has 27 heavy (non-hydrogen) atoms. The quantitative estimate of drug-likeness (QED) is 0.481. The molecule has 1 fully saturated rings. The van der Waals surface area contributed by atoms with Crippen molar-refractivity contribution in [2.24, 2.45) is 0 Å². The Morgan fingerprint density at radius 3 is 2.63 bits per heavy atom. The molecule has 4 unspecified atom stereocenters. The van der Waals surface area contributed by atoms with Gasteiger partial charge in [-0.3, -0.25) is 0 Å². The van der Waals surface area contributed by atoms with Crippen LogP contribution in [0.3, 0.4) is 0 Å². The monoisotopic (exact) mass is 380 g/mol. The Hall–Kier alpha value is -2.00. The number of carbonyl (C=O) groups excluding carboxylic acids is 2. The summed E-state index contributed by atoms with van der Waals surface area (Å²) in [5, 5.41) is 31.6. The third-order valence-electron chi connectivity index (χ3n) is 5.34. The average molecular weight is 380 g/mol. The number of rotatable bonds is 3. The first kappa shape index (κ1) is 19.8. The molecular weight excluding hydrogens is 356 g/mol. The number of hydrogen-bond acceptors (Lipinski definition) is 8. The zero-order chi connectivity index (χ0) is 20.2. The Morgan fingerprint density at radius 2 is 2.04 bits per heavy atom. The lowest BCUT2D eigenvalue weighted by Gasteiger charge is -2.40. The van der Waals surface area contributed by atoms with Gasteiger partial charge in [-0.05, 0) is 33.3 Å². The lowest BCUT2D eigenvalue weighted by molar-refractivity contribution is -0.298. The topological polar surface area (TPSA) is 123 Å². The van der Waals surface area contributed by atoms with Gasteiger partial charge in [-0.1, -0.05) is 6.58 Å². The highest BCUT2D eigenvalue weighted by Crippen LogP contribution is 2.49. The first-order valence-electron chi connectivity index (χ1n) is 8.72. The molecule has 0 aromatic rings. The van der Waals surface area contributed by atoms with E-state index in [1.54, 1.807) is 6.92 Å². The summed E-state index contributed by atoms with van der Waals surface area (Å²) in [5.74, 6) is -3.28. The van der Waals surface area contributed by atoms with Gasteiger partial charge in [0.1, 0.15) is 17.5 Å². The highest BCUT2D eigenvalue weighted by atomic mass is 16.7. The molecule has 2 bridgehead atoms. The standard InChI is InChI=1S/C19H24O8/c1-10(2)15(21)25-13-8-18(4,23)19(24)6-5-17(3,27-19)7-12-14(13)11(9-20)16(22)26-12/h7,13,20,23-24H,1,5-6,8-9H2,2-4H3. The van der Waals surface area contributed by atoms with Gasteiger partial charge >= 0.3 is 11.9 Å². The minimum absolute atomic E-state index is 0.0649. The second-order valence-corrected chi connectivity index (χ2v) is 7.80. The molecule has 8 nitrogen and oxygen atoms in total. The highest BCUT2D eigenvalue weighted by Gasteiger charge is 2.58. The maximum atomic E-state index is 12.2. The summed E-state index contributed by atoms with van der Waals surface area (Å²) in [6.07, 6.45) is 0.606. The number of aliphatic hydroxyl groups is 3. The summed E-state index contributed by atoms with van der Waals surface area (Å²) in [4.78, 5) is 24.3. The first-order valence-corrected chi connectivity index (χ1v) is 8.72. The van der Waals surface area contributed by atoms with E-state index in [0.717, 1.165) is 0 Å². The molecule has 0 amide bonds. The van der Waals surface area contributed by atoms with E-state index in [9.17, 15) is 24.9 Å². The van der Waals surface area contributed by atoms with Crippen molar-refractivity contribution >= 4 is 11.9 Å². The van der Waals surface area contributed by atoms with Crippen molar-refractivity contribution in [2.75, 3.05) is 6.61 Å². The molecule has 0 aliphatic carbocycles. The zero-order valence-corrected chi connectivity index (χ0v) is 15.6. The normalized spacial score (nSPS) is 38.4. The lowest BCUT2D eigenvalue weighted by atomic mass is 9.82. The van der Waals surface area contributed by atoms with Gasteiger partial charge in [0, 0.05) is 24.0 Å². The Balaban J connectivity index is 2.18. The summed E-state index contributed by atoms with van der Waals surface area (Å²) >= 11 is 0. The van der Waals surface area contributed by atoms with Crippen LogP contribution < -0.4 is 0 Å². The summed E-state index contributed by atoms with van der Waals surface area (Å²) in [7, 11) is 0. The van der Waals surface area contributed by atoms with Crippen LogP contribution in [0, 0.1) is 0 Å². The van der Waals surface area contributed by atoms with Crippen molar-refractivity contribution in [3.8, 4) is 0 Å². The van der Waals surface area contributed by atoms with Crippen LogP contribution in [0.1, 0.15) is 40.0 Å². The summed E-state index contributed by atoms with van der Waals surface area (Å²) in [6, 6.07) is 0. The van der Waals surface area contributed by atoms with E-state index in [-0.39, 0.29) is 35.3 Å². The highest BCUT2D eigenvalue weighted by molar-refractivity contribution is 5.95. The van der Waals surface area contributed by atoms with Crippen LogP contribution in [-0.4, -0.2) is 57.0 Å². The molecular formula is C19H24O8. The van der Waals surface area contributed by atoms with Crippen molar-refractivity contribution < 1.29 is 39.1 Å². The Morgan fingerprint density at radius 1 is 1.37 bits per heavy atom. The van der Waals surface area contributed by atoms with Crippen LogP contribution in [0.4, 0.5) is 0 Å². The molecule has 0 radical (unpaired) electrons. The fraction of sp³-hybridized carbons (Fsp3) is 0.579. The molecule has 0 aromatic carbocycles. The first-order chi connectivity index (χ1) is 12.4. The largest absolute Gasteiger partial charge is 0.454 e. The van der Waals surface area contributed by atoms with Crippen LogP contribution in [0.15, 0.2) is 35.1 Å². The van der Waals surface area contributed by atoms with Crippen molar-refractivity contribution in [1.82, 2.24) is 0 Å². The average Bonchev–Trinajstić information content (AvgIpc) is 3.03. The molecule has 0 saturated carbocycles. The van der Waals surface area contributed by atoms with Crippen LogP contribution in [-0.2, 0) is 23.8 Å². The molecule has 8 heteroatoms. The minimum Gasteiger partial charge on any atom is -0.454 e. The fourth-order valence-corrected chi connectivity index (χ4v) is 3.70. The van der Waals surface area contributed by atoms with Crippen molar-refractivity contribution in [3.63, 3.8) is 0 Å². The van der Waals surface area contributed by atoms with Crippen LogP contribution in [0.2, 0.25) is 0 Å². The van der Waals surface area contributed by atoms with E-state index in [1.165, 1.54) is 19.9 Å². The molecule has 1 saturated heterocycles. The van der Waals surface area contributed by atoms with Crippen molar-refractivity contribution in [1.29, 1.82) is 0 Å². The minimum atomic E-state index is -1.88. The summed E-state index contributed by atoms with van der Waals surface area (Å²) in [5.41, 5.74) is -2.60. The lowest BCUT2D eigenvalue weighted by Crippen LogP contribution is -2.54. The Bertz CT molecular complexity index is 777. The number of carbonyl (C=O) groups is 2.